The summed E-state index contributed by atoms with van der Waals surface area (Å²) in [6, 6.07) is 6.53. The van der Waals surface area contributed by atoms with Gasteiger partial charge in [-0.1, -0.05) is 19.1 Å². The van der Waals surface area contributed by atoms with E-state index in [1.165, 1.54) is 5.56 Å². The quantitative estimate of drug-likeness (QED) is 0.755. The Bertz CT molecular complexity index is 292. The predicted octanol–water partition coefficient (Wildman–Crippen LogP) is 3.13. The molecule has 0 bridgehead atoms. The average Bonchev–Trinajstić information content (AvgIpc) is 2.22. The summed E-state index contributed by atoms with van der Waals surface area (Å²) in [6.45, 7) is 4.28. The number of para-hydroxylation sites is 1. The monoisotopic (exact) mass is 224 g/mol. The zero-order valence-corrected chi connectivity index (χ0v) is 10.5. The number of nitrogens with one attached hydrogen (secondary N) is 1. The summed E-state index contributed by atoms with van der Waals surface area (Å²) in [6.07, 6.45) is 3.25. The van der Waals surface area contributed by atoms with E-state index < -0.39 is 0 Å². The molecule has 0 radical (unpaired) electrons. The number of nitrogens with two attached hydrogens (primary N) is 1. The van der Waals surface area contributed by atoms with Gasteiger partial charge in [-0.05, 0) is 31.2 Å². The third-order valence-corrected chi connectivity index (χ3v) is 3.25. The van der Waals surface area contributed by atoms with Crippen molar-refractivity contribution in [3.63, 3.8) is 0 Å². The van der Waals surface area contributed by atoms with Crippen LogP contribution in [0.3, 0.4) is 0 Å². The van der Waals surface area contributed by atoms with Crippen LogP contribution in [-0.4, -0.2) is 18.1 Å². The second-order valence-corrected chi connectivity index (χ2v) is 4.65. The van der Waals surface area contributed by atoms with Crippen LogP contribution in [0.15, 0.2) is 18.2 Å². The highest BCUT2D eigenvalue weighted by atomic mass is 32.2. The van der Waals surface area contributed by atoms with Gasteiger partial charge in [-0.2, -0.15) is 11.8 Å². The first kappa shape index (κ1) is 12.2. The molecule has 1 unspecified atom stereocenters. The third-order valence-electron chi connectivity index (χ3n) is 2.51. The molecule has 0 fully saturated rings. The van der Waals surface area contributed by atoms with Crippen LogP contribution >= 0.6 is 11.8 Å². The van der Waals surface area contributed by atoms with E-state index in [0.29, 0.717) is 6.04 Å². The van der Waals surface area contributed by atoms with Crippen LogP contribution in [0.4, 0.5) is 11.4 Å². The third kappa shape index (κ3) is 3.34. The zero-order chi connectivity index (χ0) is 11.3. The summed E-state index contributed by atoms with van der Waals surface area (Å²) in [5, 5.41) is 3.52. The molecule has 0 aliphatic carbocycles. The van der Waals surface area contributed by atoms with Crippen LogP contribution in [-0.2, 0) is 0 Å². The smallest absolute Gasteiger partial charge is 0.0606 e. The number of thioether (sulfide) groups is 1. The molecule has 15 heavy (non-hydrogen) atoms. The summed E-state index contributed by atoms with van der Waals surface area (Å²) in [5.74, 6) is 1.12. The van der Waals surface area contributed by atoms with E-state index in [9.17, 15) is 0 Å². The SMILES string of the molecule is CCC(CSC)Nc1c(C)cccc1N. The van der Waals surface area contributed by atoms with Crippen molar-refractivity contribution in [3.8, 4) is 0 Å². The molecular weight excluding hydrogens is 204 g/mol. The van der Waals surface area contributed by atoms with Gasteiger partial charge < -0.3 is 11.1 Å². The van der Waals surface area contributed by atoms with Crippen molar-refractivity contribution in [2.45, 2.75) is 26.3 Å². The van der Waals surface area contributed by atoms with Gasteiger partial charge in [0.05, 0.1) is 11.4 Å². The highest BCUT2D eigenvalue weighted by molar-refractivity contribution is 7.98. The molecule has 1 atom stereocenters. The normalized spacial score (nSPS) is 12.5. The number of hydrogen-bond donors (Lipinski definition) is 2. The molecule has 1 aromatic rings. The van der Waals surface area contributed by atoms with Gasteiger partial charge in [0.1, 0.15) is 0 Å². The molecule has 1 aromatic carbocycles. The first-order valence-electron chi connectivity index (χ1n) is 5.29. The van der Waals surface area contributed by atoms with Gasteiger partial charge >= 0.3 is 0 Å². The number of aryl methyl sites for hydroxylation is 1. The zero-order valence-electron chi connectivity index (χ0n) is 9.71. The number of benzene rings is 1. The van der Waals surface area contributed by atoms with Crippen molar-refractivity contribution in [1.29, 1.82) is 0 Å². The lowest BCUT2D eigenvalue weighted by atomic mass is 10.1. The first-order valence-corrected chi connectivity index (χ1v) is 6.69. The Labute approximate surface area is 96.6 Å². The first-order chi connectivity index (χ1) is 7.19. The maximum absolute atomic E-state index is 5.95. The Kier molecular flexibility index (Phi) is 4.82. The predicted molar refractivity (Wildman–Crippen MR) is 71.7 cm³/mol. The molecular formula is C12H20N2S. The van der Waals surface area contributed by atoms with Crippen molar-refractivity contribution in [1.82, 2.24) is 0 Å². The van der Waals surface area contributed by atoms with Gasteiger partial charge in [-0.3, -0.25) is 0 Å². The number of nitrogen functional groups attached to an aromatic ring is 1. The molecule has 0 spiro atoms. The van der Waals surface area contributed by atoms with Gasteiger partial charge in [-0.25, -0.2) is 0 Å². The molecule has 0 aromatic heterocycles. The molecule has 0 aliphatic heterocycles. The summed E-state index contributed by atoms with van der Waals surface area (Å²) in [7, 11) is 0. The van der Waals surface area contributed by atoms with Crippen LogP contribution in [0.2, 0.25) is 0 Å². The van der Waals surface area contributed by atoms with E-state index in [1.54, 1.807) is 0 Å². The van der Waals surface area contributed by atoms with Crippen molar-refractivity contribution in [2.24, 2.45) is 0 Å². The molecule has 0 heterocycles. The fourth-order valence-electron chi connectivity index (χ4n) is 1.55. The molecule has 3 N–H and O–H groups in total. The molecule has 2 nitrogen and oxygen atoms in total. The van der Waals surface area contributed by atoms with Crippen LogP contribution in [0, 0.1) is 6.92 Å². The molecule has 0 amide bonds. The molecule has 0 saturated heterocycles. The largest absolute Gasteiger partial charge is 0.397 e. The highest BCUT2D eigenvalue weighted by Crippen LogP contribution is 2.24. The minimum absolute atomic E-state index is 0.503. The lowest BCUT2D eigenvalue weighted by Gasteiger charge is -2.20. The number of rotatable bonds is 5. The van der Waals surface area contributed by atoms with E-state index in [1.807, 2.05) is 23.9 Å². The van der Waals surface area contributed by atoms with Gasteiger partial charge in [-0.15, -0.1) is 0 Å². The minimum Gasteiger partial charge on any atom is -0.397 e. The van der Waals surface area contributed by atoms with Gasteiger partial charge in [0.25, 0.3) is 0 Å². The van der Waals surface area contributed by atoms with E-state index in [2.05, 4.69) is 31.5 Å². The van der Waals surface area contributed by atoms with Crippen molar-refractivity contribution in [2.75, 3.05) is 23.1 Å². The summed E-state index contributed by atoms with van der Waals surface area (Å²) in [4.78, 5) is 0. The average molecular weight is 224 g/mol. The standard InChI is InChI=1S/C12H20N2S/c1-4-10(8-15-3)14-12-9(2)6-5-7-11(12)13/h5-7,10,14H,4,8,13H2,1-3H3. The maximum Gasteiger partial charge on any atom is 0.0606 e. The number of hydrogen-bond acceptors (Lipinski definition) is 3. The second kappa shape index (κ2) is 5.91. The lowest BCUT2D eigenvalue weighted by molar-refractivity contribution is 0.774. The molecule has 1 rings (SSSR count). The van der Waals surface area contributed by atoms with Gasteiger partial charge in [0.2, 0.25) is 0 Å². The summed E-state index contributed by atoms with van der Waals surface area (Å²) in [5.41, 5.74) is 9.11. The van der Waals surface area contributed by atoms with Gasteiger partial charge in [0.15, 0.2) is 0 Å². The van der Waals surface area contributed by atoms with E-state index in [4.69, 9.17) is 5.73 Å². The number of anilines is 2. The minimum atomic E-state index is 0.503. The molecule has 3 heteroatoms. The Morgan fingerprint density at radius 3 is 2.73 bits per heavy atom. The maximum atomic E-state index is 5.95. The fraction of sp³-hybridized carbons (Fsp3) is 0.500. The van der Waals surface area contributed by atoms with Crippen LogP contribution in [0.5, 0.6) is 0 Å². The van der Waals surface area contributed by atoms with Crippen LogP contribution < -0.4 is 11.1 Å². The lowest BCUT2D eigenvalue weighted by Crippen LogP contribution is -2.22. The van der Waals surface area contributed by atoms with Gasteiger partial charge in [0, 0.05) is 11.8 Å². The summed E-state index contributed by atoms with van der Waals surface area (Å²) < 4.78 is 0. The Morgan fingerprint density at radius 2 is 2.20 bits per heavy atom. The second-order valence-electron chi connectivity index (χ2n) is 3.74. The van der Waals surface area contributed by atoms with Crippen molar-refractivity contribution >= 4 is 23.1 Å². The van der Waals surface area contributed by atoms with Crippen LogP contribution in [0.1, 0.15) is 18.9 Å². The van der Waals surface area contributed by atoms with Crippen LogP contribution in [0.25, 0.3) is 0 Å². The Balaban J connectivity index is 2.78. The fourth-order valence-corrected chi connectivity index (χ4v) is 2.28. The van der Waals surface area contributed by atoms with Crippen molar-refractivity contribution < 1.29 is 0 Å². The Morgan fingerprint density at radius 1 is 1.47 bits per heavy atom. The topological polar surface area (TPSA) is 38.0 Å². The van der Waals surface area contributed by atoms with E-state index >= 15 is 0 Å². The molecule has 0 saturated carbocycles. The van der Waals surface area contributed by atoms with E-state index in [0.717, 1.165) is 23.5 Å². The summed E-state index contributed by atoms with van der Waals surface area (Å²) >= 11 is 1.86. The molecule has 84 valence electrons. The molecule has 0 aliphatic rings. The Hall–Kier alpha value is -0.830. The highest BCUT2D eigenvalue weighted by Gasteiger charge is 2.08. The van der Waals surface area contributed by atoms with E-state index in [-0.39, 0.29) is 0 Å². The van der Waals surface area contributed by atoms with Crippen molar-refractivity contribution in [3.05, 3.63) is 23.8 Å².